The van der Waals surface area contributed by atoms with Gasteiger partial charge in [0.25, 0.3) is 0 Å². The standard InChI is InChI=1S/C24H28N4O3/c1-16-10-12-27(13-11-16)23-18-6-4-5-7-20(18)28(24(30)26-23)15-22(29)25-19-14-17(2)8-9-21(19)31-3/h4-9,14,16H,10-13,15H2,1-3H3,(H,25,29). The Labute approximate surface area is 181 Å². The van der Waals surface area contributed by atoms with Crippen molar-refractivity contribution in [1.29, 1.82) is 0 Å². The molecule has 3 aromatic rings. The lowest BCUT2D eigenvalue weighted by Crippen LogP contribution is -2.37. The number of benzene rings is 2. The topological polar surface area (TPSA) is 76.5 Å². The van der Waals surface area contributed by atoms with Crippen LogP contribution < -0.4 is 20.6 Å². The number of hydrogen-bond acceptors (Lipinski definition) is 5. The van der Waals surface area contributed by atoms with E-state index < -0.39 is 5.69 Å². The van der Waals surface area contributed by atoms with Crippen LogP contribution in [0.5, 0.6) is 5.75 Å². The third-order valence-electron chi connectivity index (χ3n) is 5.88. The van der Waals surface area contributed by atoms with Gasteiger partial charge in [0.1, 0.15) is 18.1 Å². The van der Waals surface area contributed by atoms with Gasteiger partial charge >= 0.3 is 5.69 Å². The quantitative estimate of drug-likeness (QED) is 0.683. The smallest absolute Gasteiger partial charge is 0.350 e. The Hall–Kier alpha value is -3.35. The first-order chi connectivity index (χ1) is 15.0. The van der Waals surface area contributed by atoms with E-state index in [-0.39, 0.29) is 12.5 Å². The van der Waals surface area contributed by atoms with Crippen molar-refractivity contribution in [3.63, 3.8) is 0 Å². The summed E-state index contributed by atoms with van der Waals surface area (Å²) >= 11 is 0. The van der Waals surface area contributed by atoms with Gasteiger partial charge in [-0.25, -0.2) is 4.79 Å². The third-order valence-corrected chi connectivity index (χ3v) is 5.88. The third kappa shape index (κ3) is 4.40. The second-order valence-electron chi connectivity index (χ2n) is 8.24. The summed E-state index contributed by atoms with van der Waals surface area (Å²) in [6.07, 6.45) is 2.17. The summed E-state index contributed by atoms with van der Waals surface area (Å²) in [5.74, 6) is 1.66. The van der Waals surface area contributed by atoms with Crippen LogP contribution in [0.15, 0.2) is 47.3 Å². The van der Waals surface area contributed by atoms with Crippen molar-refractivity contribution in [2.45, 2.75) is 33.2 Å². The van der Waals surface area contributed by atoms with Crippen LogP contribution in [0.2, 0.25) is 0 Å². The van der Waals surface area contributed by atoms with E-state index in [4.69, 9.17) is 4.74 Å². The van der Waals surface area contributed by atoms with Gasteiger partial charge in [-0.05, 0) is 55.5 Å². The van der Waals surface area contributed by atoms with Gasteiger partial charge < -0.3 is 15.0 Å². The maximum Gasteiger partial charge on any atom is 0.350 e. The molecule has 1 aliphatic heterocycles. The number of anilines is 2. The highest BCUT2D eigenvalue weighted by Crippen LogP contribution is 2.28. The molecule has 31 heavy (non-hydrogen) atoms. The van der Waals surface area contributed by atoms with Crippen LogP contribution in [-0.4, -0.2) is 35.7 Å². The number of carbonyl (C=O) groups is 1. The average molecular weight is 421 g/mol. The lowest BCUT2D eigenvalue weighted by Gasteiger charge is -2.32. The number of fused-ring (bicyclic) bond motifs is 1. The van der Waals surface area contributed by atoms with Crippen LogP contribution in [0.1, 0.15) is 25.3 Å². The van der Waals surface area contributed by atoms with E-state index in [0.29, 0.717) is 28.7 Å². The Morgan fingerprint density at radius 3 is 2.68 bits per heavy atom. The summed E-state index contributed by atoms with van der Waals surface area (Å²) in [5, 5.41) is 3.75. The Morgan fingerprint density at radius 2 is 1.94 bits per heavy atom. The zero-order chi connectivity index (χ0) is 22.0. The second-order valence-corrected chi connectivity index (χ2v) is 8.24. The normalized spacial score (nSPS) is 14.6. The molecule has 1 amide bonds. The van der Waals surface area contributed by atoms with Crippen molar-refractivity contribution >= 4 is 28.3 Å². The van der Waals surface area contributed by atoms with E-state index in [0.717, 1.165) is 36.9 Å². The first-order valence-electron chi connectivity index (χ1n) is 10.7. The molecule has 0 radical (unpaired) electrons. The summed E-state index contributed by atoms with van der Waals surface area (Å²) in [6.45, 7) is 5.84. The van der Waals surface area contributed by atoms with Crippen molar-refractivity contribution in [3.8, 4) is 5.75 Å². The van der Waals surface area contributed by atoms with Gasteiger partial charge in [0, 0.05) is 18.5 Å². The number of nitrogens with one attached hydrogen (secondary N) is 1. The van der Waals surface area contributed by atoms with Gasteiger partial charge in [0.05, 0.1) is 18.3 Å². The number of aromatic nitrogens is 2. The maximum atomic E-state index is 12.9. The highest BCUT2D eigenvalue weighted by atomic mass is 16.5. The number of carbonyl (C=O) groups excluding carboxylic acids is 1. The van der Waals surface area contributed by atoms with Crippen LogP contribution in [0.3, 0.4) is 0 Å². The number of rotatable bonds is 5. The molecule has 4 rings (SSSR count). The fourth-order valence-corrected chi connectivity index (χ4v) is 4.08. The fourth-order valence-electron chi connectivity index (χ4n) is 4.08. The zero-order valence-corrected chi connectivity index (χ0v) is 18.2. The number of amides is 1. The lowest BCUT2D eigenvalue weighted by atomic mass is 9.99. The Morgan fingerprint density at radius 1 is 1.19 bits per heavy atom. The number of nitrogens with zero attached hydrogens (tertiary/aromatic N) is 3. The minimum atomic E-state index is -0.418. The first kappa shape index (κ1) is 20.9. The SMILES string of the molecule is COc1ccc(C)cc1NC(=O)Cn1c(=O)nc(N2CCC(C)CC2)c2ccccc21. The molecular formula is C24H28N4O3. The predicted molar refractivity (Wildman–Crippen MR) is 123 cm³/mol. The predicted octanol–water partition coefficient (Wildman–Crippen LogP) is 3.59. The number of para-hydroxylation sites is 1. The van der Waals surface area contributed by atoms with Crippen LogP contribution in [0.25, 0.3) is 10.9 Å². The van der Waals surface area contributed by atoms with Gasteiger partial charge in [-0.15, -0.1) is 0 Å². The number of hydrogen-bond donors (Lipinski definition) is 1. The van der Waals surface area contributed by atoms with Gasteiger partial charge in [0.15, 0.2) is 0 Å². The number of ether oxygens (including phenoxy) is 1. The summed E-state index contributed by atoms with van der Waals surface area (Å²) < 4.78 is 6.77. The van der Waals surface area contributed by atoms with Crippen LogP contribution in [0, 0.1) is 12.8 Å². The Bertz CT molecular complexity index is 1160. The molecule has 7 nitrogen and oxygen atoms in total. The summed E-state index contributed by atoms with van der Waals surface area (Å²) in [7, 11) is 1.56. The minimum Gasteiger partial charge on any atom is -0.495 e. The highest BCUT2D eigenvalue weighted by molar-refractivity contribution is 5.94. The van der Waals surface area contributed by atoms with Crippen molar-refractivity contribution in [2.75, 3.05) is 30.4 Å². The van der Waals surface area contributed by atoms with E-state index >= 15 is 0 Å². The van der Waals surface area contributed by atoms with Crippen LogP contribution >= 0.6 is 0 Å². The molecule has 7 heteroatoms. The van der Waals surface area contributed by atoms with E-state index in [1.54, 1.807) is 7.11 Å². The fraction of sp³-hybridized carbons (Fsp3) is 0.375. The Balaban J connectivity index is 1.65. The molecule has 1 N–H and O–H groups in total. The largest absolute Gasteiger partial charge is 0.495 e. The summed E-state index contributed by atoms with van der Waals surface area (Å²) in [5.41, 5.74) is 1.87. The monoisotopic (exact) mass is 420 g/mol. The van der Waals surface area contributed by atoms with E-state index in [1.165, 1.54) is 4.57 Å². The zero-order valence-electron chi connectivity index (χ0n) is 18.2. The van der Waals surface area contributed by atoms with Gasteiger partial charge in [0.2, 0.25) is 5.91 Å². The van der Waals surface area contributed by atoms with Gasteiger partial charge in [-0.2, -0.15) is 4.98 Å². The average Bonchev–Trinajstić information content (AvgIpc) is 2.76. The van der Waals surface area contributed by atoms with Gasteiger partial charge in [-0.3, -0.25) is 9.36 Å². The number of methoxy groups -OCH3 is 1. The molecule has 1 saturated heterocycles. The number of piperidine rings is 1. The molecule has 1 aromatic heterocycles. The molecule has 162 valence electrons. The number of aryl methyl sites for hydroxylation is 1. The van der Waals surface area contributed by atoms with E-state index in [9.17, 15) is 9.59 Å². The molecule has 2 heterocycles. The Kier molecular flexibility index (Phi) is 5.93. The summed E-state index contributed by atoms with van der Waals surface area (Å²) in [4.78, 5) is 32.3. The lowest BCUT2D eigenvalue weighted by molar-refractivity contribution is -0.116. The minimum absolute atomic E-state index is 0.124. The van der Waals surface area contributed by atoms with E-state index in [2.05, 4.69) is 22.1 Å². The molecule has 0 unspecified atom stereocenters. The second kappa shape index (κ2) is 8.79. The molecule has 0 spiro atoms. The highest BCUT2D eigenvalue weighted by Gasteiger charge is 2.21. The van der Waals surface area contributed by atoms with Crippen LogP contribution in [0.4, 0.5) is 11.5 Å². The first-order valence-corrected chi connectivity index (χ1v) is 10.7. The summed E-state index contributed by atoms with van der Waals surface area (Å²) in [6, 6.07) is 13.2. The molecule has 2 aromatic carbocycles. The van der Waals surface area contributed by atoms with E-state index in [1.807, 2.05) is 49.4 Å². The van der Waals surface area contributed by atoms with Crippen molar-refractivity contribution < 1.29 is 9.53 Å². The van der Waals surface area contributed by atoms with Crippen molar-refractivity contribution in [1.82, 2.24) is 9.55 Å². The molecule has 1 aliphatic rings. The van der Waals surface area contributed by atoms with Crippen molar-refractivity contribution in [2.24, 2.45) is 5.92 Å². The molecule has 0 saturated carbocycles. The maximum absolute atomic E-state index is 12.9. The molecule has 0 atom stereocenters. The molecule has 0 aliphatic carbocycles. The van der Waals surface area contributed by atoms with Gasteiger partial charge in [-0.1, -0.05) is 25.1 Å². The molecule has 0 bridgehead atoms. The molecule has 1 fully saturated rings. The van der Waals surface area contributed by atoms with Crippen LogP contribution in [-0.2, 0) is 11.3 Å². The molecular weight excluding hydrogens is 392 g/mol. The van der Waals surface area contributed by atoms with Crippen molar-refractivity contribution in [3.05, 3.63) is 58.5 Å².